The lowest BCUT2D eigenvalue weighted by atomic mass is 9.76. The topological polar surface area (TPSA) is 24.7 Å². The van der Waals surface area contributed by atoms with Crippen LogP contribution in [0.3, 0.4) is 0 Å². The summed E-state index contributed by atoms with van der Waals surface area (Å²) in [6.07, 6.45) is 15.1. The normalized spacial score (nSPS) is 23.7. The van der Waals surface area contributed by atoms with Gasteiger partial charge in [0.25, 0.3) is 0 Å². The van der Waals surface area contributed by atoms with E-state index >= 15 is 0 Å². The molecule has 0 saturated heterocycles. The molecular weight excluding hydrogens is 725 g/mol. The van der Waals surface area contributed by atoms with E-state index in [2.05, 4.69) is 183 Å². The first-order chi connectivity index (χ1) is 29.7. The smallest absolute Gasteiger partial charge is 0.155 e. The second kappa shape index (κ2) is 14.4. The summed E-state index contributed by atoms with van der Waals surface area (Å²) in [4.78, 5) is 11.0. The molecule has 60 heavy (non-hydrogen) atoms. The van der Waals surface area contributed by atoms with Crippen molar-refractivity contribution in [3.63, 3.8) is 0 Å². The van der Waals surface area contributed by atoms with Gasteiger partial charge in [0, 0.05) is 23.0 Å². The van der Waals surface area contributed by atoms with Crippen LogP contribution >= 0.6 is 0 Å². The molecule has 1 heterocycles. The third-order valence-corrected chi connectivity index (χ3v) is 14.5. The Bertz CT molecular complexity index is 2980. The van der Waals surface area contributed by atoms with E-state index in [1.807, 2.05) is 0 Å². The van der Waals surface area contributed by atoms with Crippen LogP contribution < -0.4 is 0 Å². The second-order valence-corrected chi connectivity index (χ2v) is 17.7. The van der Waals surface area contributed by atoms with Gasteiger partial charge in [-0.05, 0) is 116 Å². The minimum Gasteiger partial charge on any atom is -0.257 e. The molecule has 12 rings (SSSR count). The molecule has 5 aliphatic rings. The lowest BCUT2D eigenvalue weighted by Crippen LogP contribution is -2.28. The van der Waals surface area contributed by atoms with Crippen molar-refractivity contribution in [2.24, 2.45) is 27.7 Å². The molecule has 0 amide bonds. The van der Waals surface area contributed by atoms with Crippen LogP contribution in [0.1, 0.15) is 94.1 Å². The van der Waals surface area contributed by atoms with Gasteiger partial charge < -0.3 is 0 Å². The summed E-state index contributed by atoms with van der Waals surface area (Å²) in [6.45, 7) is 2.30. The summed E-state index contributed by atoms with van der Waals surface area (Å²) in [5, 5.41) is 5.39. The highest BCUT2D eigenvalue weighted by atomic mass is 15.0. The number of allylic oxidation sites excluding steroid dienone is 5. The molecule has 6 unspecified atom stereocenters. The van der Waals surface area contributed by atoms with E-state index in [0.29, 0.717) is 23.7 Å². The van der Waals surface area contributed by atoms with Gasteiger partial charge in [-0.2, -0.15) is 0 Å². The molecule has 1 fully saturated rings. The van der Waals surface area contributed by atoms with Crippen molar-refractivity contribution in [2.75, 3.05) is 0 Å². The predicted molar refractivity (Wildman–Crippen MR) is 251 cm³/mol. The molecule has 1 saturated carbocycles. The van der Waals surface area contributed by atoms with Crippen LogP contribution in [0.2, 0.25) is 0 Å². The number of hydrogen-bond donors (Lipinski definition) is 0. The van der Waals surface area contributed by atoms with Gasteiger partial charge in [0.1, 0.15) is 0 Å². The van der Waals surface area contributed by atoms with Gasteiger partial charge in [-0.25, -0.2) is 4.99 Å². The van der Waals surface area contributed by atoms with Crippen molar-refractivity contribution in [3.05, 3.63) is 226 Å². The van der Waals surface area contributed by atoms with E-state index in [0.717, 1.165) is 49.2 Å². The molecule has 0 radical (unpaired) electrons. The Morgan fingerprint density at radius 1 is 0.650 bits per heavy atom. The first-order valence-corrected chi connectivity index (χ1v) is 22.2. The number of aryl methyl sites for hydroxylation is 1. The Morgan fingerprint density at radius 3 is 2.25 bits per heavy atom. The molecule has 0 aromatic heterocycles. The third-order valence-electron chi connectivity index (χ3n) is 14.5. The predicted octanol–water partition coefficient (Wildman–Crippen LogP) is 14.1. The molecule has 0 N–H and O–H groups in total. The first-order valence-electron chi connectivity index (χ1n) is 22.2. The molecule has 1 aliphatic heterocycles. The van der Waals surface area contributed by atoms with E-state index in [1.165, 1.54) is 66.1 Å². The average molecular weight is 773 g/mol. The zero-order valence-corrected chi connectivity index (χ0v) is 34.1. The number of nitrogens with zero attached hydrogens (tertiary/aromatic N) is 2. The molecule has 2 nitrogen and oxygen atoms in total. The number of benzene rings is 7. The second-order valence-electron chi connectivity index (χ2n) is 17.7. The Labute approximate surface area is 353 Å². The van der Waals surface area contributed by atoms with E-state index in [4.69, 9.17) is 9.98 Å². The monoisotopic (exact) mass is 772 g/mol. The Balaban J connectivity index is 0.983. The molecule has 290 valence electrons. The molecular formula is C58H48N2. The fourth-order valence-electron chi connectivity index (χ4n) is 11.7. The number of rotatable bonds is 7. The van der Waals surface area contributed by atoms with Gasteiger partial charge in [-0.1, -0.05) is 188 Å². The summed E-state index contributed by atoms with van der Waals surface area (Å²) in [6, 6.07) is 56.3. The van der Waals surface area contributed by atoms with Crippen LogP contribution in [0.4, 0.5) is 0 Å². The fraction of sp³-hybridized carbons (Fsp3) is 0.207. The summed E-state index contributed by atoms with van der Waals surface area (Å²) >= 11 is 0. The maximum absolute atomic E-state index is 5.54. The zero-order valence-electron chi connectivity index (χ0n) is 34.1. The van der Waals surface area contributed by atoms with Crippen molar-refractivity contribution in [3.8, 4) is 0 Å². The van der Waals surface area contributed by atoms with Gasteiger partial charge in [0.15, 0.2) is 5.84 Å². The molecule has 0 bridgehead atoms. The van der Waals surface area contributed by atoms with Gasteiger partial charge in [0.2, 0.25) is 0 Å². The minimum absolute atomic E-state index is 0.0213. The molecule has 7 aromatic rings. The van der Waals surface area contributed by atoms with Gasteiger partial charge in [-0.15, -0.1) is 0 Å². The van der Waals surface area contributed by atoms with Crippen LogP contribution in [0.15, 0.2) is 185 Å². The van der Waals surface area contributed by atoms with E-state index in [1.54, 1.807) is 11.1 Å². The highest BCUT2D eigenvalue weighted by Crippen LogP contribution is 2.66. The SMILES string of the molecule is CCC1C(c2cccc3c4c(c5cc(C6C=CC7=C(C6)C6C(Cc8ccccc8)C6c6ccccc67)ccc5c23)CCC=C4)=NC(c2ccccc2)=NC1c1ccccc1. The maximum Gasteiger partial charge on any atom is 0.155 e. The van der Waals surface area contributed by atoms with Crippen molar-refractivity contribution >= 4 is 44.7 Å². The number of hydrogen-bond acceptors (Lipinski definition) is 2. The Kier molecular flexibility index (Phi) is 8.54. The standard InChI is InChI=1S/C58H48N2/c1-2-41-56(37-19-8-4-9-20-37)59-58(38-21-10-5-11-22-38)60-57(41)49-28-16-27-46-42-23-12-13-25-44(42)50-34-39(30-32-48(50)53(46)49)40-29-31-45-43-24-14-15-26-47(43)54-52(55(54)51(45)35-40)33-36-17-6-3-7-18-36/h3-12,14-24,26-32,34,40-41,52,54-56H,2,13,25,33,35H2,1H3. The Morgan fingerprint density at radius 2 is 1.42 bits per heavy atom. The summed E-state index contributed by atoms with van der Waals surface area (Å²) in [7, 11) is 0. The number of fused-ring (bicyclic) bond motifs is 11. The third kappa shape index (κ3) is 5.75. The van der Waals surface area contributed by atoms with Crippen LogP contribution in [0, 0.1) is 17.8 Å². The van der Waals surface area contributed by atoms with Gasteiger partial charge in [-0.3, -0.25) is 4.99 Å². The largest absolute Gasteiger partial charge is 0.257 e. The lowest BCUT2D eigenvalue weighted by Gasteiger charge is -2.31. The molecule has 6 atom stereocenters. The van der Waals surface area contributed by atoms with Crippen LogP contribution in [-0.4, -0.2) is 11.5 Å². The average Bonchev–Trinajstić information content (AvgIpc) is 4.05. The maximum atomic E-state index is 5.54. The summed E-state index contributed by atoms with van der Waals surface area (Å²) < 4.78 is 0. The zero-order chi connectivity index (χ0) is 39.7. The van der Waals surface area contributed by atoms with E-state index in [-0.39, 0.29) is 12.0 Å². The molecule has 2 heteroatoms. The van der Waals surface area contributed by atoms with Crippen molar-refractivity contribution < 1.29 is 0 Å². The summed E-state index contributed by atoms with van der Waals surface area (Å²) in [5.74, 6) is 3.21. The van der Waals surface area contributed by atoms with E-state index < -0.39 is 0 Å². The van der Waals surface area contributed by atoms with Crippen LogP contribution in [-0.2, 0) is 12.8 Å². The molecule has 0 spiro atoms. The van der Waals surface area contributed by atoms with E-state index in [9.17, 15) is 0 Å². The van der Waals surface area contributed by atoms with Crippen LogP contribution in [0.5, 0.6) is 0 Å². The number of aliphatic imine (C=N–C) groups is 2. The van der Waals surface area contributed by atoms with Crippen molar-refractivity contribution in [1.82, 2.24) is 0 Å². The van der Waals surface area contributed by atoms with Crippen molar-refractivity contribution in [2.45, 2.75) is 56.9 Å². The van der Waals surface area contributed by atoms with Crippen LogP contribution in [0.25, 0.3) is 33.2 Å². The minimum atomic E-state index is -0.0213. The quantitative estimate of drug-likeness (QED) is 0.144. The summed E-state index contributed by atoms with van der Waals surface area (Å²) in [5.41, 5.74) is 16.6. The highest BCUT2D eigenvalue weighted by Gasteiger charge is 2.56. The highest BCUT2D eigenvalue weighted by molar-refractivity contribution is 6.25. The van der Waals surface area contributed by atoms with Crippen molar-refractivity contribution in [1.29, 1.82) is 0 Å². The molecule has 7 aromatic carbocycles. The Hall–Kier alpha value is -6.38. The number of amidine groups is 1. The lowest BCUT2D eigenvalue weighted by molar-refractivity contribution is 0.533. The van der Waals surface area contributed by atoms with Gasteiger partial charge in [0.05, 0.1) is 11.8 Å². The molecule has 4 aliphatic carbocycles. The van der Waals surface area contributed by atoms with Gasteiger partial charge >= 0.3 is 0 Å². The fourth-order valence-corrected chi connectivity index (χ4v) is 11.7. The first kappa shape index (κ1) is 35.6.